The molecule has 1 saturated heterocycles. The molecule has 0 atom stereocenters. The average molecular weight is 397 g/mol. The Bertz CT molecular complexity index is 890. The van der Waals surface area contributed by atoms with Crippen LogP contribution in [0.1, 0.15) is 34.7 Å². The minimum absolute atomic E-state index is 0.0641. The number of rotatable bonds is 6. The van der Waals surface area contributed by atoms with Gasteiger partial charge in [0.05, 0.1) is 0 Å². The second kappa shape index (κ2) is 8.05. The molecule has 1 aliphatic heterocycles. The zero-order valence-electron chi connectivity index (χ0n) is 14.7. The summed E-state index contributed by atoms with van der Waals surface area (Å²) in [6.07, 6.45) is 1.62. The predicted octanol–water partition coefficient (Wildman–Crippen LogP) is 1.97. The zero-order valence-corrected chi connectivity index (χ0v) is 15.5. The van der Waals surface area contributed by atoms with Gasteiger partial charge >= 0.3 is 10.5 Å². The Hall–Kier alpha value is -2.46. The first-order valence-electron chi connectivity index (χ1n) is 8.48. The molecule has 2 aromatic rings. The van der Waals surface area contributed by atoms with Gasteiger partial charge in [-0.05, 0) is 37.5 Å². The number of hydrogen-bond acceptors (Lipinski definition) is 7. The summed E-state index contributed by atoms with van der Waals surface area (Å²) < 4.78 is 42.5. The van der Waals surface area contributed by atoms with Gasteiger partial charge in [0, 0.05) is 31.7 Å². The van der Waals surface area contributed by atoms with Gasteiger partial charge in [0.2, 0.25) is 0 Å². The summed E-state index contributed by atoms with van der Waals surface area (Å²) in [5.74, 6) is 0.296. The van der Waals surface area contributed by atoms with E-state index in [0.29, 0.717) is 12.3 Å². The molecule has 1 aromatic carbocycles. The number of aromatic nitrogens is 1. The fourth-order valence-corrected chi connectivity index (χ4v) is 3.33. The molecule has 0 unspecified atom stereocenters. The van der Waals surface area contributed by atoms with Crippen molar-refractivity contribution in [1.82, 2.24) is 15.4 Å². The van der Waals surface area contributed by atoms with Crippen molar-refractivity contribution in [2.45, 2.75) is 32.4 Å². The van der Waals surface area contributed by atoms with Crippen LogP contribution in [-0.2, 0) is 17.0 Å². The Morgan fingerprint density at radius 1 is 1.33 bits per heavy atom. The van der Waals surface area contributed by atoms with Gasteiger partial charge in [0.15, 0.2) is 5.69 Å². The van der Waals surface area contributed by atoms with Gasteiger partial charge in [-0.25, -0.2) is 0 Å². The number of amides is 1. The first-order chi connectivity index (χ1) is 12.8. The van der Waals surface area contributed by atoms with E-state index < -0.39 is 10.5 Å². The number of nitrogens with zero attached hydrogens (tertiary/aromatic N) is 2. The molecule has 0 aliphatic carbocycles. The summed E-state index contributed by atoms with van der Waals surface area (Å²) in [5.41, 5.74) is 1.24. The highest BCUT2D eigenvalue weighted by Crippen LogP contribution is 2.18. The van der Waals surface area contributed by atoms with Gasteiger partial charge in [-0.3, -0.25) is 9.69 Å². The molecule has 1 aromatic heterocycles. The molecular formula is C17H20FN3O5S. The van der Waals surface area contributed by atoms with Crippen LogP contribution >= 0.6 is 0 Å². The van der Waals surface area contributed by atoms with Crippen molar-refractivity contribution in [3.05, 3.63) is 47.3 Å². The van der Waals surface area contributed by atoms with E-state index in [1.807, 2.05) is 0 Å². The highest BCUT2D eigenvalue weighted by atomic mass is 32.3. The summed E-state index contributed by atoms with van der Waals surface area (Å²) >= 11 is 0. The average Bonchev–Trinajstić information content (AvgIpc) is 3.04. The van der Waals surface area contributed by atoms with Gasteiger partial charge in [-0.1, -0.05) is 21.2 Å². The smallest absolute Gasteiger partial charge is 0.361 e. The Morgan fingerprint density at radius 2 is 2.00 bits per heavy atom. The molecule has 1 amide bonds. The van der Waals surface area contributed by atoms with Crippen LogP contribution in [0.15, 0.2) is 34.9 Å². The van der Waals surface area contributed by atoms with Crippen molar-refractivity contribution in [2.24, 2.45) is 0 Å². The molecule has 8 nitrogen and oxygen atoms in total. The van der Waals surface area contributed by atoms with Crippen molar-refractivity contribution < 1.29 is 25.8 Å². The molecule has 27 heavy (non-hydrogen) atoms. The number of halogens is 1. The lowest BCUT2D eigenvalue weighted by Gasteiger charge is -2.32. The lowest BCUT2D eigenvalue weighted by atomic mass is 10.0. The lowest BCUT2D eigenvalue weighted by molar-refractivity contribution is 0.0899. The molecule has 0 spiro atoms. The van der Waals surface area contributed by atoms with Crippen LogP contribution < -0.4 is 9.50 Å². The van der Waals surface area contributed by atoms with Crippen LogP contribution in [-0.4, -0.2) is 43.5 Å². The first-order valence-corrected chi connectivity index (χ1v) is 9.79. The van der Waals surface area contributed by atoms with Crippen molar-refractivity contribution in [3.63, 3.8) is 0 Å². The van der Waals surface area contributed by atoms with E-state index in [9.17, 15) is 17.1 Å². The van der Waals surface area contributed by atoms with Crippen LogP contribution in [0.4, 0.5) is 3.89 Å². The number of carbonyl (C=O) groups is 1. The summed E-state index contributed by atoms with van der Waals surface area (Å²) in [4.78, 5) is 14.3. The van der Waals surface area contributed by atoms with Crippen LogP contribution in [0.3, 0.4) is 0 Å². The summed E-state index contributed by atoms with van der Waals surface area (Å²) in [6, 6.07) is 7.91. The number of nitrogens with one attached hydrogen (secondary N) is 1. The number of aryl methyl sites for hydroxylation is 1. The number of benzene rings is 1. The third-order valence-corrected chi connectivity index (χ3v) is 4.70. The quantitative estimate of drug-likeness (QED) is 0.744. The monoisotopic (exact) mass is 397 g/mol. The van der Waals surface area contributed by atoms with E-state index in [0.717, 1.165) is 31.5 Å². The van der Waals surface area contributed by atoms with Crippen LogP contribution in [0.25, 0.3) is 0 Å². The Balaban J connectivity index is 1.46. The van der Waals surface area contributed by atoms with E-state index in [1.54, 1.807) is 25.1 Å². The predicted molar refractivity (Wildman–Crippen MR) is 94.1 cm³/mol. The zero-order chi connectivity index (χ0) is 19.4. The highest BCUT2D eigenvalue weighted by molar-refractivity contribution is 7.81. The van der Waals surface area contributed by atoms with Crippen molar-refractivity contribution >= 4 is 16.4 Å². The molecule has 3 rings (SSSR count). The van der Waals surface area contributed by atoms with Gasteiger partial charge in [0.1, 0.15) is 11.5 Å². The molecule has 1 N–H and O–H groups in total. The molecular weight excluding hydrogens is 377 g/mol. The standard InChI is InChI=1S/C17H20FN3O5S/c1-12-10-16(20-25-12)17(22)19-14-6-8-21(9-7-14)11-13-2-4-15(5-3-13)26-27(18,23)24/h2-5,10,14H,6-9,11H2,1H3,(H,19,22). The second-order valence-electron chi connectivity index (χ2n) is 6.47. The van der Waals surface area contributed by atoms with E-state index in [1.165, 1.54) is 12.1 Å². The van der Waals surface area contributed by atoms with E-state index >= 15 is 0 Å². The van der Waals surface area contributed by atoms with Crippen LogP contribution in [0, 0.1) is 6.92 Å². The normalized spacial score (nSPS) is 16.2. The molecule has 0 bridgehead atoms. The SMILES string of the molecule is Cc1cc(C(=O)NC2CCN(Cc3ccc(OS(=O)(=O)F)cc3)CC2)no1. The topological polar surface area (TPSA) is 102 Å². The molecule has 0 radical (unpaired) electrons. The van der Waals surface area contributed by atoms with Crippen molar-refractivity contribution in [3.8, 4) is 5.75 Å². The van der Waals surface area contributed by atoms with Gasteiger partial charge < -0.3 is 14.0 Å². The summed E-state index contributed by atoms with van der Waals surface area (Å²) in [5, 5.41) is 6.68. The van der Waals surface area contributed by atoms with E-state index in [2.05, 4.69) is 19.6 Å². The van der Waals surface area contributed by atoms with Crippen LogP contribution in [0.2, 0.25) is 0 Å². The molecule has 1 fully saturated rings. The van der Waals surface area contributed by atoms with E-state index in [4.69, 9.17) is 4.52 Å². The molecule has 10 heteroatoms. The first kappa shape index (κ1) is 19.3. The number of likely N-dealkylation sites (tertiary alicyclic amines) is 1. The fraction of sp³-hybridized carbons (Fsp3) is 0.412. The summed E-state index contributed by atoms with van der Waals surface area (Å²) in [6.45, 7) is 4.02. The maximum absolute atomic E-state index is 12.5. The number of hydrogen-bond donors (Lipinski definition) is 1. The van der Waals surface area contributed by atoms with Crippen molar-refractivity contribution in [2.75, 3.05) is 13.1 Å². The number of carbonyl (C=O) groups excluding carboxylic acids is 1. The molecule has 0 saturated carbocycles. The Labute approximate surface area is 156 Å². The van der Waals surface area contributed by atoms with Gasteiger partial charge in [-0.15, -0.1) is 0 Å². The molecule has 2 heterocycles. The van der Waals surface area contributed by atoms with E-state index in [-0.39, 0.29) is 23.4 Å². The fourth-order valence-electron chi connectivity index (χ4n) is 2.99. The van der Waals surface area contributed by atoms with Gasteiger partial charge in [-0.2, -0.15) is 8.42 Å². The van der Waals surface area contributed by atoms with Crippen molar-refractivity contribution in [1.29, 1.82) is 0 Å². The Kier molecular flexibility index (Phi) is 5.76. The number of piperidine rings is 1. The minimum atomic E-state index is -5.01. The summed E-state index contributed by atoms with van der Waals surface area (Å²) in [7, 11) is -5.01. The maximum Gasteiger partial charge on any atom is 0.488 e. The second-order valence-corrected chi connectivity index (χ2v) is 7.42. The highest BCUT2D eigenvalue weighted by Gasteiger charge is 2.22. The maximum atomic E-state index is 12.5. The minimum Gasteiger partial charge on any atom is -0.361 e. The third-order valence-electron chi connectivity index (χ3n) is 4.31. The molecule has 146 valence electrons. The third kappa shape index (κ3) is 5.76. The van der Waals surface area contributed by atoms with Crippen LogP contribution in [0.5, 0.6) is 5.75 Å². The molecule has 1 aliphatic rings. The lowest BCUT2D eigenvalue weighted by Crippen LogP contribution is -2.44. The Morgan fingerprint density at radius 3 is 2.56 bits per heavy atom. The van der Waals surface area contributed by atoms with Gasteiger partial charge in [0.25, 0.3) is 5.91 Å². The largest absolute Gasteiger partial charge is 0.488 e.